The van der Waals surface area contributed by atoms with Crippen molar-refractivity contribution < 1.29 is 5.11 Å². The molecule has 5 rings (SSSR count). The second kappa shape index (κ2) is 3.02. The first-order valence-corrected chi connectivity index (χ1v) is 7.15. The van der Waals surface area contributed by atoms with Gasteiger partial charge in [0.15, 0.2) is 0 Å². The Morgan fingerprint density at radius 3 is 2.12 bits per heavy atom. The summed E-state index contributed by atoms with van der Waals surface area (Å²) in [6.07, 6.45) is 10.3. The maximum Gasteiger partial charge on any atom is 0.0670 e. The predicted octanol–water partition coefficient (Wildman–Crippen LogP) is 2.17. The van der Waals surface area contributed by atoms with Gasteiger partial charge in [0.25, 0.3) is 0 Å². The van der Waals surface area contributed by atoms with E-state index in [-0.39, 0.29) is 5.60 Å². The summed E-state index contributed by atoms with van der Waals surface area (Å²) in [5, 5.41) is 10.7. The molecule has 1 N–H and O–H groups in total. The summed E-state index contributed by atoms with van der Waals surface area (Å²) in [7, 11) is 0. The summed E-state index contributed by atoms with van der Waals surface area (Å²) in [6.45, 7) is 2.60. The van der Waals surface area contributed by atoms with Gasteiger partial charge in [-0.05, 0) is 76.3 Å². The quantitative estimate of drug-likeness (QED) is 0.733. The highest BCUT2D eigenvalue weighted by Gasteiger charge is 2.59. The van der Waals surface area contributed by atoms with Crippen LogP contribution in [-0.2, 0) is 0 Å². The van der Waals surface area contributed by atoms with Crippen LogP contribution in [0.4, 0.5) is 0 Å². The van der Waals surface area contributed by atoms with Crippen molar-refractivity contribution >= 4 is 0 Å². The van der Waals surface area contributed by atoms with Crippen LogP contribution in [0.2, 0.25) is 0 Å². The SMILES string of the molecule is OC12C[C@H]3C[C@@H](C1)CC(N1CCCC1)(C3)C2. The van der Waals surface area contributed by atoms with Crippen molar-refractivity contribution in [1.82, 2.24) is 4.90 Å². The van der Waals surface area contributed by atoms with E-state index in [1.807, 2.05) is 0 Å². The Bertz CT molecular complexity index is 294. The molecule has 4 atom stereocenters. The van der Waals surface area contributed by atoms with E-state index in [0.717, 1.165) is 31.1 Å². The molecule has 1 aliphatic heterocycles. The van der Waals surface area contributed by atoms with Crippen molar-refractivity contribution in [2.24, 2.45) is 11.8 Å². The van der Waals surface area contributed by atoms with E-state index in [0.29, 0.717) is 5.54 Å². The van der Waals surface area contributed by atoms with Gasteiger partial charge in [-0.25, -0.2) is 0 Å². The van der Waals surface area contributed by atoms with Crippen LogP contribution >= 0.6 is 0 Å². The van der Waals surface area contributed by atoms with Crippen LogP contribution in [0.25, 0.3) is 0 Å². The normalized spacial score (nSPS) is 56.1. The summed E-state index contributed by atoms with van der Waals surface area (Å²) in [6, 6.07) is 0. The first-order chi connectivity index (χ1) is 7.68. The lowest BCUT2D eigenvalue weighted by Gasteiger charge is -2.63. The van der Waals surface area contributed by atoms with Gasteiger partial charge in [0.05, 0.1) is 5.60 Å². The van der Waals surface area contributed by atoms with Crippen LogP contribution in [0.1, 0.15) is 51.4 Å². The first-order valence-electron chi connectivity index (χ1n) is 7.15. The Balaban J connectivity index is 1.68. The van der Waals surface area contributed by atoms with Gasteiger partial charge in [-0.2, -0.15) is 0 Å². The molecule has 1 heterocycles. The van der Waals surface area contributed by atoms with Crippen molar-refractivity contribution in [1.29, 1.82) is 0 Å². The lowest BCUT2D eigenvalue weighted by atomic mass is 9.50. The molecule has 0 aromatic rings. The fraction of sp³-hybridized carbons (Fsp3) is 1.00. The van der Waals surface area contributed by atoms with E-state index < -0.39 is 0 Å². The van der Waals surface area contributed by atoms with Gasteiger partial charge >= 0.3 is 0 Å². The molecule has 5 fully saturated rings. The first kappa shape index (κ1) is 9.90. The topological polar surface area (TPSA) is 23.5 Å². The molecule has 0 radical (unpaired) electrons. The van der Waals surface area contributed by atoms with Gasteiger partial charge in [0, 0.05) is 5.54 Å². The fourth-order valence-electron chi connectivity index (χ4n) is 5.73. The highest BCUT2D eigenvalue weighted by molar-refractivity contribution is 5.13. The monoisotopic (exact) mass is 221 g/mol. The van der Waals surface area contributed by atoms with E-state index in [2.05, 4.69) is 4.90 Å². The summed E-state index contributed by atoms with van der Waals surface area (Å²) in [4.78, 5) is 2.75. The van der Waals surface area contributed by atoms with Crippen LogP contribution in [0.5, 0.6) is 0 Å². The molecule has 1 saturated heterocycles. The maximum absolute atomic E-state index is 10.7. The van der Waals surface area contributed by atoms with Crippen molar-refractivity contribution in [2.75, 3.05) is 13.1 Å². The summed E-state index contributed by atoms with van der Waals surface area (Å²) in [5.41, 5.74) is 0.155. The Morgan fingerprint density at radius 2 is 1.56 bits per heavy atom. The Morgan fingerprint density at radius 1 is 0.938 bits per heavy atom. The molecule has 4 bridgehead atoms. The van der Waals surface area contributed by atoms with E-state index in [9.17, 15) is 5.11 Å². The minimum Gasteiger partial charge on any atom is -0.390 e. The average molecular weight is 221 g/mol. The number of likely N-dealkylation sites (tertiary alicyclic amines) is 1. The minimum absolute atomic E-state index is 0.271. The molecule has 0 spiro atoms. The highest BCUT2D eigenvalue weighted by atomic mass is 16.3. The zero-order valence-corrected chi connectivity index (χ0v) is 10.1. The molecule has 0 aromatic heterocycles. The standard InChI is InChI=1S/C14H23NO/c16-14-8-11-5-12(9-14)7-13(6-11,10-14)15-3-1-2-4-15/h11-12,16H,1-10H2/t11-,12+,13?,14?. The van der Waals surface area contributed by atoms with E-state index in [1.54, 1.807) is 0 Å². The molecule has 4 aliphatic carbocycles. The lowest BCUT2D eigenvalue weighted by Crippen LogP contribution is -2.64. The largest absolute Gasteiger partial charge is 0.390 e. The molecular formula is C14H23NO. The van der Waals surface area contributed by atoms with Gasteiger partial charge in [-0.3, -0.25) is 4.90 Å². The highest BCUT2D eigenvalue weighted by Crippen LogP contribution is 2.59. The maximum atomic E-state index is 10.7. The summed E-state index contributed by atoms with van der Waals surface area (Å²) < 4.78 is 0. The fourth-order valence-corrected chi connectivity index (χ4v) is 5.73. The van der Waals surface area contributed by atoms with E-state index in [1.165, 1.54) is 45.2 Å². The third-order valence-electron chi connectivity index (χ3n) is 5.78. The predicted molar refractivity (Wildman–Crippen MR) is 63.2 cm³/mol. The molecule has 0 aromatic carbocycles. The molecule has 90 valence electrons. The Hall–Kier alpha value is -0.0800. The second-order valence-electron chi connectivity index (χ2n) is 7.10. The lowest BCUT2D eigenvalue weighted by molar-refractivity contribution is -0.171. The van der Waals surface area contributed by atoms with Gasteiger partial charge in [0.1, 0.15) is 0 Å². The average Bonchev–Trinajstić information content (AvgIpc) is 2.65. The third kappa shape index (κ3) is 1.26. The van der Waals surface area contributed by atoms with Gasteiger partial charge in [-0.1, -0.05) is 0 Å². The third-order valence-corrected chi connectivity index (χ3v) is 5.78. The van der Waals surface area contributed by atoms with Crippen molar-refractivity contribution in [2.45, 2.75) is 62.5 Å². The Labute approximate surface area is 98.0 Å². The van der Waals surface area contributed by atoms with Gasteiger partial charge in [0.2, 0.25) is 0 Å². The Kier molecular flexibility index (Phi) is 1.87. The van der Waals surface area contributed by atoms with Crippen molar-refractivity contribution in [3.05, 3.63) is 0 Å². The van der Waals surface area contributed by atoms with Crippen LogP contribution in [0.15, 0.2) is 0 Å². The molecule has 0 amide bonds. The van der Waals surface area contributed by atoms with Gasteiger partial charge < -0.3 is 5.11 Å². The minimum atomic E-state index is -0.271. The molecule has 4 saturated carbocycles. The van der Waals surface area contributed by atoms with Crippen molar-refractivity contribution in [3.8, 4) is 0 Å². The number of aliphatic hydroxyl groups is 1. The van der Waals surface area contributed by atoms with Crippen LogP contribution in [0, 0.1) is 11.8 Å². The summed E-state index contributed by atoms with van der Waals surface area (Å²) >= 11 is 0. The van der Waals surface area contributed by atoms with Crippen molar-refractivity contribution in [3.63, 3.8) is 0 Å². The summed E-state index contributed by atoms with van der Waals surface area (Å²) in [5.74, 6) is 1.68. The molecular weight excluding hydrogens is 198 g/mol. The number of nitrogens with zero attached hydrogens (tertiary/aromatic N) is 1. The molecule has 2 heteroatoms. The molecule has 5 aliphatic rings. The number of hydrogen-bond donors (Lipinski definition) is 1. The zero-order valence-electron chi connectivity index (χ0n) is 10.1. The smallest absolute Gasteiger partial charge is 0.0670 e. The molecule has 2 nitrogen and oxygen atoms in total. The second-order valence-corrected chi connectivity index (χ2v) is 7.10. The van der Waals surface area contributed by atoms with Crippen LogP contribution in [-0.4, -0.2) is 34.2 Å². The number of hydrogen-bond acceptors (Lipinski definition) is 2. The number of rotatable bonds is 1. The van der Waals surface area contributed by atoms with Crippen LogP contribution < -0.4 is 0 Å². The van der Waals surface area contributed by atoms with Gasteiger partial charge in [-0.15, -0.1) is 0 Å². The molecule has 2 unspecified atom stereocenters. The van der Waals surface area contributed by atoms with E-state index in [4.69, 9.17) is 0 Å². The van der Waals surface area contributed by atoms with Crippen LogP contribution in [0.3, 0.4) is 0 Å². The molecule has 16 heavy (non-hydrogen) atoms. The van der Waals surface area contributed by atoms with E-state index >= 15 is 0 Å². The zero-order chi connectivity index (χ0) is 10.8.